The van der Waals surface area contributed by atoms with Crippen molar-refractivity contribution in [3.8, 4) is 0 Å². The van der Waals surface area contributed by atoms with Gasteiger partial charge in [-0.25, -0.2) is 19.2 Å². The monoisotopic (exact) mass is 467 g/mol. The number of pyridine rings is 1. The van der Waals surface area contributed by atoms with Gasteiger partial charge in [0.15, 0.2) is 5.03 Å². The summed E-state index contributed by atoms with van der Waals surface area (Å²) in [4.78, 5) is 13.4. The third-order valence-electron chi connectivity index (χ3n) is 6.72. The molecule has 1 aliphatic heterocycles. The van der Waals surface area contributed by atoms with Crippen LogP contribution in [-0.2, 0) is 21.4 Å². The fourth-order valence-electron chi connectivity index (χ4n) is 5.04. The number of nitrogens with zero attached hydrogens (tertiary/aromatic N) is 6. The molecular formula is C22H25N7O3S. The molecule has 33 heavy (non-hydrogen) atoms. The van der Waals surface area contributed by atoms with Gasteiger partial charge in [0, 0.05) is 11.6 Å². The van der Waals surface area contributed by atoms with Crippen LogP contribution in [0.15, 0.2) is 40.7 Å². The van der Waals surface area contributed by atoms with Crippen molar-refractivity contribution in [3.63, 3.8) is 0 Å². The second-order valence-electron chi connectivity index (χ2n) is 8.85. The third kappa shape index (κ3) is 3.37. The Labute approximate surface area is 193 Å². The molecule has 2 N–H and O–H groups in total. The highest BCUT2D eigenvalue weighted by molar-refractivity contribution is 7.79. The van der Waals surface area contributed by atoms with Gasteiger partial charge in [0.05, 0.1) is 25.0 Å². The van der Waals surface area contributed by atoms with Gasteiger partial charge in [-0.05, 0) is 43.9 Å². The van der Waals surface area contributed by atoms with Gasteiger partial charge in [-0.15, -0.1) is 5.10 Å². The van der Waals surface area contributed by atoms with Crippen molar-refractivity contribution in [1.82, 2.24) is 19.5 Å². The number of aromatic nitrogens is 4. The summed E-state index contributed by atoms with van der Waals surface area (Å²) in [7, 11) is 1.72. The molecule has 3 aromatic heterocycles. The van der Waals surface area contributed by atoms with Gasteiger partial charge in [-0.1, -0.05) is 19.3 Å². The first-order chi connectivity index (χ1) is 16.1. The number of anilines is 3. The first-order valence-corrected chi connectivity index (χ1v) is 12.3. The van der Waals surface area contributed by atoms with Crippen molar-refractivity contribution in [2.75, 3.05) is 17.4 Å². The van der Waals surface area contributed by atoms with Crippen molar-refractivity contribution < 1.29 is 13.5 Å². The average molecular weight is 468 g/mol. The molecule has 0 bridgehead atoms. The summed E-state index contributed by atoms with van der Waals surface area (Å²) >= 11 is -2.11. The molecule has 0 radical (unpaired) electrons. The van der Waals surface area contributed by atoms with E-state index in [0.717, 1.165) is 61.3 Å². The molecule has 6 rings (SSSR count). The molecule has 2 aliphatic carbocycles. The topological polar surface area (TPSA) is 118 Å². The first kappa shape index (κ1) is 20.5. The summed E-state index contributed by atoms with van der Waals surface area (Å²) in [5.74, 6) is 2.26. The van der Waals surface area contributed by atoms with E-state index in [9.17, 15) is 8.76 Å². The maximum Gasteiger partial charge on any atom is 0.232 e. The number of hydrogen-bond donors (Lipinski definition) is 2. The maximum atomic E-state index is 11.2. The minimum absolute atomic E-state index is 0.100. The molecule has 0 aromatic carbocycles. The molecule has 172 valence electrons. The van der Waals surface area contributed by atoms with Gasteiger partial charge < -0.3 is 14.6 Å². The van der Waals surface area contributed by atoms with Gasteiger partial charge >= 0.3 is 0 Å². The van der Waals surface area contributed by atoms with Crippen LogP contribution in [0.3, 0.4) is 0 Å². The molecule has 0 amide bonds. The summed E-state index contributed by atoms with van der Waals surface area (Å²) in [6.07, 6.45) is 10.9. The number of fused-ring (bicyclic) bond motifs is 4. The molecule has 2 saturated carbocycles. The highest BCUT2D eigenvalue weighted by atomic mass is 32.2. The summed E-state index contributed by atoms with van der Waals surface area (Å²) in [6.45, 7) is 0. The quantitative estimate of drug-likeness (QED) is 0.557. The predicted octanol–water partition coefficient (Wildman–Crippen LogP) is 3.75. The van der Waals surface area contributed by atoms with E-state index in [2.05, 4.69) is 30.9 Å². The van der Waals surface area contributed by atoms with Crippen LogP contribution in [0, 0.1) is 0 Å². The third-order valence-corrected chi connectivity index (χ3v) is 7.32. The molecule has 0 saturated heterocycles. The van der Waals surface area contributed by atoms with Crippen molar-refractivity contribution >= 4 is 45.5 Å². The van der Waals surface area contributed by atoms with Crippen LogP contribution in [0.25, 0.3) is 11.0 Å². The Morgan fingerprint density at radius 3 is 2.67 bits per heavy atom. The molecule has 3 aliphatic rings. The summed E-state index contributed by atoms with van der Waals surface area (Å²) in [5, 5.41) is 11.3. The molecule has 11 heteroatoms. The SMILES string of the molecule is COC1=NN(C2CC2)c2cc3cnc(Nc4ccc(S(=O)O)nc4)nc3n2C12CCCCC2. The number of ether oxygens (including phenoxy) is 1. The molecule has 2 fully saturated rings. The highest BCUT2D eigenvalue weighted by Crippen LogP contribution is 2.47. The van der Waals surface area contributed by atoms with E-state index in [-0.39, 0.29) is 10.6 Å². The van der Waals surface area contributed by atoms with Crippen molar-refractivity contribution in [2.45, 2.75) is 61.6 Å². The van der Waals surface area contributed by atoms with E-state index in [1.54, 1.807) is 13.2 Å². The Hall–Kier alpha value is -3.05. The van der Waals surface area contributed by atoms with Crippen LogP contribution in [0.1, 0.15) is 44.9 Å². The lowest BCUT2D eigenvalue weighted by Gasteiger charge is -2.44. The summed E-state index contributed by atoms with van der Waals surface area (Å²) < 4.78 is 28.6. The molecule has 1 atom stereocenters. The second-order valence-corrected chi connectivity index (χ2v) is 9.76. The van der Waals surface area contributed by atoms with Gasteiger partial charge in [0.1, 0.15) is 17.0 Å². The van der Waals surface area contributed by atoms with Crippen LogP contribution in [0.2, 0.25) is 0 Å². The predicted molar refractivity (Wildman–Crippen MR) is 125 cm³/mol. The Morgan fingerprint density at radius 2 is 2.00 bits per heavy atom. The molecule has 1 spiro atoms. The fraction of sp³-hybridized carbons (Fsp3) is 0.455. The lowest BCUT2D eigenvalue weighted by atomic mass is 9.80. The summed E-state index contributed by atoms with van der Waals surface area (Å²) in [5.41, 5.74) is 1.15. The molecule has 4 heterocycles. The zero-order chi connectivity index (χ0) is 22.6. The Balaban J connectivity index is 1.45. The Morgan fingerprint density at radius 1 is 1.18 bits per heavy atom. The normalized spacial score (nSPS) is 20.4. The molecule has 3 aromatic rings. The molecular weight excluding hydrogens is 442 g/mol. The van der Waals surface area contributed by atoms with Crippen LogP contribution >= 0.6 is 0 Å². The van der Waals surface area contributed by atoms with E-state index < -0.39 is 11.1 Å². The minimum Gasteiger partial charge on any atom is -0.481 e. The zero-order valence-corrected chi connectivity index (χ0v) is 19.1. The Kier molecular flexibility index (Phi) is 4.84. The van der Waals surface area contributed by atoms with Crippen LogP contribution in [-0.4, -0.2) is 47.3 Å². The largest absolute Gasteiger partial charge is 0.481 e. The number of hydrazone groups is 1. The average Bonchev–Trinajstić information content (AvgIpc) is 3.60. The Bertz CT molecular complexity index is 1260. The zero-order valence-electron chi connectivity index (χ0n) is 18.3. The van der Waals surface area contributed by atoms with Gasteiger partial charge in [-0.3, -0.25) is 4.57 Å². The first-order valence-electron chi connectivity index (χ1n) is 11.2. The maximum absolute atomic E-state index is 11.2. The van der Waals surface area contributed by atoms with Gasteiger partial charge in [-0.2, -0.15) is 4.98 Å². The molecule has 1 unspecified atom stereocenters. The van der Waals surface area contributed by atoms with E-state index in [1.807, 2.05) is 6.20 Å². The van der Waals surface area contributed by atoms with Crippen LogP contribution < -0.4 is 10.3 Å². The fourth-order valence-corrected chi connectivity index (χ4v) is 5.37. The summed E-state index contributed by atoms with van der Waals surface area (Å²) in [6, 6.07) is 5.72. The number of hydrogen-bond acceptors (Lipinski definition) is 8. The minimum atomic E-state index is -2.11. The smallest absolute Gasteiger partial charge is 0.232 e. The van der Waals surface area contributed by atoms with E-state index in [0.29, 0.717) is 17.7 Å². The highest BCUT2D eigenvalue weighted by Gasteiger charge is 2.48. The van der Waals surface area contributed by atoms with Gasteiger partial charge in [0.25, 0.3) is 0 Å². The molecule has 10 nitrogen and oxygen atoms in total. The number of rotatable bonds is 4. The lowest BCUT2D eigenvalue weighted by Crippen LogP contribution is -2.50. The van der Waals surface area contributed by atoms with E-state index in [4.69, 9.17) is 14.8 Å². The number of nitrogens with one attached hydrogen (secondary N) is 1. The number of methoxy groups -OCH3 is 1. The van der Waals surface area contributed by atoms with E-state index >= 15 is 0 Å². The second kappa shape index (κ2) is 7.77. The standard InChI is InChI=1S/C22H25N7O3S/c1-32-20-22(9-3-2-4-10-22)28-18(29(27-20)16-6-7-16)11-14-12-24-21(26-19(14)28)25-15-5-8-17(23-13-15)33(30)31/h5,8,11-13,16H,2-4,6-7,9-10H2,1H3,(H,30,31)(H,24,25,26). The van der Waals surface area contributed by atoms with E-state index in [1.165, 1.54) is 18.7 Å². The van der Waals surface area contributed by atoms with Crippen LogP contribution in [0.4, 0.5) is 17.5 Å². The lowest BCUT2D eigenvalue weighted by molar-refractivity contribution is 0.220. The van der Waals surface area contributed by atoms with Crippen LogP contribution in [0.5, 0.6) is 0 Å². The van der Waals surface area contributed by atoms with Gasteiger partial charge in [0.2, 0.25) is 22.9 Å². The van der Waals surface area contributed by atoms with Crippen molar-refractivity contribution in [2.24, 2.45) is 5.10 Å². The van der Waals surface area contributed by atoms with Crippen molar-refractivity contribution in [1.29, 1.82) is 0 Å². The van der Waals surface area contributed by atoms with Crippen molar-refractivity contribution in [3.05, 3.63) is 30.6 Å².